The number of nitrogens with zero attached hydrogens (tertiary/aromatic N) is 2. The highest BCUT2D eigenvalue weighted by Gasteiger charge is 2.34. The van der Waals surface area contributed by atoms with Crippen LogP contribution >= 0.6 is 11.6 Å². The van der Waals surface area contributed by atoms with Crippen LogP contribution in [-0.2, 0) is 19.5 Å². The Labute approximate surface area is 135 Å². The van der Waals surface area contributed by atoms with Gasteiger partial charge in [0.15, 0.2) is 6.29 Å². The molecule has 0 saturated carbocycles. The van der Waals surface area contributed by atoms with Crippen LogP contribution in [0.4, 0.5) is 0 Å². The van der Waals surface area contributed by atoms with Crippen LogP contribution in [0.25, 0.3) is 0 Å². The molecular formula is C14H19ClN2O4S. The van der Waals surface area contributed by atoms with Crippen LogP contribution in [0.5, 0.6) is 0 Å². The van der Waals surface area contributed by atoms with E-state index in [4.69, 9.17) is 21.1 Å². The van der Waals surface area contributed by atoms with Gasteiger partial charge in [0.25, 0.3) is 0 Å². The number of ether oxygens (including phenoxy) is 2. The molecule has 2 unspecified atom stereocenters. The van der Waals surface area contributed by atoms with E-state index in [0.29, 0.717) is 19.5 Å². The molecule has 2 saturated heterocycles. The maximum absolute atomic E-state index is 12.5. The third-order valence-electron chi connectivity index (χ3n) is 3.93. The zero-order chi connectivity index (χ0) is 15.6. The number of pyridine rings is 1. The van der Waals surface area contributed by atoms with Crippen molar-refractivity contribution in [1.29, 1.82) is 0 Å². The molecule has 0 bridgehead atoms. The van der Waals surface area contributed by atoms with Crippen molar-refractivity contribution in [2.45, 2.75) is 43.0 Å². The van der Waals surface area contributed by atoms with E-state index in [1.807, 2.05) is 0 Å². The summed E-state index contributed by atoms with van der Waals surface area (Å²) in [6, 6.07) is 2.96. The molecule has 0 aliphatic carbocycles. The van der Waals surface area contributed by atoms with Crippen LogP contribution in [0.15, 0.2) is 23.2 Å². The summed E-state index contributed by atoms with van der Waals surface area (Å²) < 4.78 is 37.9. The average Bonchev–Trinajstić information content (AvgIpc) is 2.98. The Bertz CT molecular complexity index is 602. The number of aromatic nitrogens is 1. The Morgan fingerprint density at radius 3 is 2.86 bits per heavy atom. The average molecular weight is 347 g/mol. The second-order valence-corrected chi connectivity index (χ2v) is 7.85. The van der Waals surface area contributed by atoms with E-state index in [1.54, 1.807) is 0 Å². The summed E-state index contributed by atoms with van der Waals surface area (Å²) in [7, 11) is -3.54. The van der Waals surface area contributed by atoms with Gasteiger partial charge in [-0.2, -0.15) is 4.31 Å². The molecule has 0 spiro atoms. The Morgan fingerprint density at radius 2 is 2.18 bits per heavy atom. The monoisotopic (exact) mass is 346 g/mol. The van der Waals surface area contributed by atoms with Gasteiger partial charge in [-0.15, -0.1) is 0 Å². The van der Waals surface area contributed by atoms with E-state index >= 15 is 0 Å². The van der Waals surface area contributed by atoms with Gasteiger partial charge < -0.3 is 9.47 Å². The van der Waals surface area contributed by atoms with E-state index in [9.17, 15) is 8.42 Å². The van der Waals surface area contributed by atoms with Gasteiger partial charge in [-0.1, -0.05) is 11.6 Å². The van der Waals surface area contributed by atoms with Crippen LogP contribution in [0.2, 0.25) is 5.15 Å². The predicted octanol–water partition coefficient (Wildman–Crippen LogP) is 2.04. The number of hydrogen-bond donors (Lipinski definition) is 0. The van der Waals surface area contributed by atoms with Gasteiger partial charge in [0.1, 0.15) is 10.0 Å². The topological polar surface area (TPSA) is 68.7 Å². The summed E-state index contributed by atoms with van der Waals surface area (Å²) in [5.74, 6) is 0. The lowest BCUT2D eigenvalue weighted by Gasteiger charge is -2.26. The Morgan fingerprint density at radius 1 is 1.32 bits per heavy atom. The number of rotatable bonds is 4. The largest absolute Gasteiger partial charge is 0.353 e. The second kappa shape index (κ2) is 6.80. The van der Waals surface area contributed by atoms with E-state index in [-0.39, 0.29) is 22.4 Å². The molecule has 8 heteroatoms. The number of hydrogen-bond acceptors (Lipinski definition) is 5. The Hall–Kier alpha value is -0.730. The van der Waals surface area contributed by atoms with Crippen LogP contribution in [-0.4, -0.2) is 49.8 Å². The van der Waals surface area contributed by atoms with Gasteiger partial charge in [0.05, 0.1) is 6.10 Å². The molecule has 2 aliphatic rings. The highest BCUT2D eigenvalue weighted by atomic mass is 35.5. The predicted molar refractivity (Wildman–Crippen MR) is 81.1 cm³/mol. The van der Waals surface area contributed by atoms with Gasteiger partial charge in [0, 0.05) is 25.9 Å². The van der Waals surface area contributed by atoms with Crippen LogP contribution in [0.1, 0.15) is 25.7 Å². The summed E-state index contributed by atoms with van der Waals surface area (Å²) >= 11 is 5.70. The first kappa shape index (κ1) is 16.1. The molecule has 122 valence electrons. The van der Waals surface area contributed by atoms with Crippen molar-refractivity contribution in [3.8, 4) is 0 Å². The summed E-state index contributed by atoms with van der Waals surface area (Å²) in [5.41, 5.74) is 0. The van der Waals surface area contributed by atoms with Crippen LogP contribution < -0.4 is 0 Å². The molecular weight excluding hydrogens is 328 g/mol. The van der Waals surface area contributed by atoms with Gasteiger partial charge in [0.2, 0.25) is 10.0 Å². The highest BCUT2D eigenvalue weighted by molar-refractivity contribution is 7.89. The maximum atomic E-state index is 12.5. The van der Waals surface area contributed by atoms with Gasteiger partial charge in [-0.3, -0.25) is 0 Å². The molecule has 6 nitrogen and oxygen atoms in total. The molecule has 1 aromatic rings. The summed E-state index contributed by atoms with van der Waals surface area (Å²) in [6.45, 7) is 1.52. The molecule has 1 aromatic heterocycles. The van der Waals surface area contributed by atoms with Gasteiger partial charge in [-0.05, 0) is 37.8 Å². The summed E-state index contributed by atoms with van der Waals surface area (Å²) in [5, 5.41) is 0.274. The molecule has 2 atom stereocenters. The Kier molecular flexibility index (Phi) is 4.99. The molecule has 22 heavy (non-hydrogen) atoms. The SMILES string of the molecule is O=S(=O)(c1ccc(Cl)nc1)N1CCC(OC2CCCCO2)C1. The minimum absolute atomic E-state index is 0.113. The van der Waals surface area contributed by atoms with Crippen molar-refractivity contribution in [3.05, 3.63) is 23.5 Å². The highest BCUT2D eigenvalue weighted by Crippen LogP contribution is 2.25. The van der Waals surface area contributed by atoms with Crippen LogP contribution in [0.3, 0.4) is 0 Å². The molecule has 3 heterocycles. The molecule has 0 aromatic carbocycles. The van der Waals surface area contributed by atoms with E-state index in [2.05, 4.69) is 4.98 Å². The van der Waals surface area contributed by atoms with Crippen LogP contribution in [0, 0.1) is 0 Å². The molecule has 2 fully saturated rings. The van der Waals surface area contributed by atoms with Crippen molar-refractivity contribution in [2.24, 2.45) is 0 Å². The summed E-state index contributed by atoms with van der Waals surface area (Å²) in [4.78, 5) is 4.00. The molecule has 3 rings (SSSR count). The van der Waals surface area contributed by atoms with Crippen molar-refractivity contribution in [1.82, 2.24) is 9.29 Å². The van der Waals surface area contributed by atoms with Crippen molar-refractivity contribution in [3.63, 3.8) is 0 Å². The second-order valence-electron chi connectivity index (χ2n) is 5.52. The van der Waals surface area contributed by atoms with Gasteiger partial charge >= 0.3 is 0 Å². The number of sulfonamides is 1. The quantitative estimate of drug-likeness (QED) is 0.780. The zero-order valence-corrected chi connectivity index (χ0v) is 13.7. The lowest BCUT2D eigenvalue weighted by atomic mass is 10.2. The summed E-state index contributed by atoms with van der Waals surface area (Å²) in [6.07, 6.45) is 4.70. The van der Waals surface area contributed by atoms with Crippen molar-refractivity contribution in [2.75, 3.05) is 19.7 Å². The molecule has 0 N–H and O–H groups in total. The number of halogens is 1. The molecule has 0 radical (unpaired) electrons. The maximum Gasteiger partial charge on any atom is 0.244 e. The fourth-order valence-electron chi connectivity index (χ4n) is 2.72. The van der Waals surface area contributed by atoms with E-state index < -0.39 is 10.0 Å². The smallest absolute Gasteiger partial charge is 0.244 e. The standard InChI is InChI=1S/C14H19ClN2O4S/c15-13-5-4-12(9-16-13)22(18,19)17-7-6-11(10-17)21-14-3-1-2-8-20-14/h4-5,9,11,14H,1-3,6-8,10H2. The van der Waals surface area contributed by atoms with Crippen molar-refractivity contribution >= 4 is 21.6 Å². The third-order valence-corrected chi connectivity index (χ3v) is 6.00. The minimum Gasteiger partial charge on any atom is -0.353 e. The van der Waals surface area contributed by atoms with E-state index in [0.717, 1.165) is 25.9 Å². The fraction of sp³-hybridized carbons (Fsp3) is 0.643. The van der Waals surface area contributed by atoms with Crippen molar-refractivity contribution < 1.29 is 17.9 Å². The third kappa shape index (κ3) is 3.60. The Balaban J connectivity index is 1.62. The lowest BCUT2D eigenvalue weighted by Crippen LogP contribution is -2.33. The van der Waals surface area contributed by atoms with Gasteiger partial charge in [-0.25, -0.2) is 13.4 Å². The normalized spacial score (nSPS) is 27.1. The first-order valence-electron chi connectivity index (χ1n) is 7.44. The molecule has 2 aliphatic heterocycles. The molecule has 0 amide bonds. The first-order chi connectivity index (χ1) is 10.6. The fourth-order valence-corrected chi connectivity index (χ4v) is 4.27. The minimum atomic E-state index is -3.54. The lowest BCUT2D eigenvalue weighted by molar-refractivity contribution is -0.184. The first-order valence-corrected chi connectivity index (χ1v) is 9.26. The van der Waals surface area contributed by atoms with E-state index in [1.165, 1.54) is 22.6 Å². The zero-order valence-electron chi connectivity index (χ0n) is 12.2.